The molecule has 0 saturated heterocycles. The first-order chi connectivity index (χ1) is 11.3. The summed E-state index contributed by atoms with van der Waals surface area (Å²) in [6.45, 7) is 0. The van der Waals surface area contributed by atoms with Crippen molar-refractivity contribution < 1.29 is 9.84 Å². The van der Waals surface area contributed by atoms with Crippen molar-refractivity contribution in [3.63, 3.8) is 0 Å². The summed E-state index contributed by atoms with van der Waals surface area (Å²) in [6, 6.07) is 16.7. The molecule has 3 rings (SSSR count). The number of hydrogen-bond acceptors (Lipinski definition) is 3. The van der Waals surface area contributed by atoms with Gasteiger partial charge in [0.2, 0.25) is 0 Å². The molecule has 0 unspecified atom stereocenters. The highest BCUT2D eigenvalue weighted by Gasteiger charge is 2.07. The molecular weight excluding hydrogens is 286 g/mol. The number of rotatable bonds is 2. The van der Waals surface area contributed by atoms with Crippen LogP contribution in [0.3, 0.4) is 0 Å². The molecule has 0 bridgehead atoms. The molecule has 0 aliphatic heterocycles. The van der Waals surface area contributed by atoms with Gasteiger partial charge in [-0.3, -0.25) is 4.98 Å². The molecule has 0 radical (unpaired) electrons. The van der Waals surface area contributed by atoms with Crippen LogP contribution in [0.15, 0.2) is 67.0 Å². The van der Waals surface area contributed by atoms with Crippen molar-refractivity contribution >= 4 is 0 Å². The van der Waals surface area contributed by atoms with Crippen LogP contribution in [0.4, 0.5) is 0 Å². The van der Waals surface area contributed by atoms with Crippen LogP contribution in [0.2, 0.25) is 0 Å². The molecule has 1 N–H and O–H groups in total. The van der Waals surface area contributed by atoms with Crippen LogP contribution in [0.5, 0.6) is 11.5 Å². The maximum atomic E-state index is 9.57. The van der Waals surface area contributed by atoms with Gasteiger partial charge in [0.05, 0.1) is 7.11 Å². The van der Waals surface area contributed by atoms with E-state index in [1.807, 2.05) is 42.5 Å². The van der Waals surface area contributed by atoms with Gasteiger partial charge < -0.3 is 9.84 Å². The Bertz CT molecular complexity index is 877. The Hall–Kier alpha value is -3.25. The van der Waals surface area contributed by atoms with E-state index in [9.17, 15) is 5.11 Å². The number of benzene rings is 2. The third kappa shape index (κ3) is 3.50. The van der Waals surface area contributed by atoms with E-state index < -0.39 is 0 Å². The Morgan fingerprint density at radius 3 is 2.48 bits per heavy atom. The summed E-state index contributed by atoms with van der Waals surface area (Å²) >= 11 is 0. The number of ether oxygens (including phenoxy) is 1. The van der Waals surface area contributed by atoms with E-state index in [0.717, 1.165) is 22.3 Å². The first kappa shape index (κ1) is 14.7. The molecular formula is C20H15NO2. The van der Waals surface area contributed by atoms with Crippen LogP contribution in [0.1, 0.15) is 11.1 Å². The van der Waals surface area contributed by atoms with Gasteiger partial charge in [-0.15, -0.1) is 0 Å². The van der Waals surface area contributed by atoms with Gasteiger partial charge in [-0.1, -0.05) is 24.0 Å². The largest absolute Gasteiger partial charge is 0.508 e. The van der Waals surface area contributed by atoms with E-state index in [1.54, 1.807) is 31.6 Å². The lowest BCUT2D eigenvalue weighted by Crippen LogP contribution is -1.88. The quantitative estimate of drug-likeness (QED) is 0.731. The third-order valence-corrected chi connectivity index (χ3v) is 3.39. The van der Waals surface area contributed by atoms with Gasteiger partial charge >= 0.3 is 0 Å². The summed E-state index contributed by atoms with van der Waals surface area (Å²) in [6.07, 6.45) is 3.45. The molecule has 0 aliphatic rings. The zero-order valence-electron chi connectivity index (χ0n) is 12.7. The molecule has 3 heteroatoms. The van der Waals surface area contributed by atoms with Gasteiger partial charge in [0.25, 0.3) is 0 Å². The normalized spacial score (nSPS) is 9.78. The fourth-order valence-electron chi connectivity index (χ4n) is 2.26. The summed E-state index contributed by atoms with van der Waals surface area (Å²) in [4.78, 5) is 3.98. The van der Waals surface area contributed by atoms with Gasteiger partial charge in [0.1, 0.15) is 11.5 Å². The monoisotopic (exact) mass is 301 g/mol. The molecule has 0 aliphatic carbocycles. The first-order valence-electron chi connectivity index (χ1n) is 7.16. The van der Waals surface area contributed by atoms with Crippen molar-refractivity contribution in [2.24, 2.45) is 0 Å². The van der Waals surface area contributed by atoms with Gasteiger partial charge in [0.15, 0.2) is 0 Å². The third-order valence-electron chi connectivity index (χ3n) is 3.39. The highest BCUT2D eigenvalue weighted by Crippen LogP contribution is 2.33. The van der Waals surface area contributed by atoms with Crippen LogP contribution in [0, 0.1) is 11.8 Å². The second-order valence-corrected chi connectivity index (χ2v) is 4.95. The van der Waals surface area contributed by atoms with E-state index in [-0.39, 0.29) is 5.75 Å². The smallest absolute Gasteiger partial charge is 0.130 e. The zero-order chi connectivity index (χ0) is 16.1. The number of methoxy groups -OCH3 is 1. The Morgan fingerprint density at radius 1 is 0.913 bits per heavy atom. The summed E-state index contributed by atoms with van der Waals surface area (Å²) in [5.41, 5.74) is 3.74. The number of aromatic hydroxyl groups is 1. The molecule has 0 atom stereocenters. The fourth-order valence-corrected chi connectivity index (χ4v) is 2.26. The lowest BCUT2D eigenvalue weighted by Gasteiger charge is -2.09. The van der Waals surface area contributed by atoms with Crippen molar-refractivity contribution in [2.75, 3.05) is 7.11 Å². The average molecular weight is 301 g/mol. The van der Waals surface area contributed by atoms with E-state index in [1.165, 1.54) is 0 Å². The van der Waals surface area contributed by atoms with E-state index in [4.69, 9.17) is 4.74 Å². The lowest BCUT2D eigenvalue weighted by molar-refractivity contribution is 0.409. The van der Waals surface area contributed by atoms with Gasteiger partial charge in [-0.2, -0.15) is 0 Å². The molecule has 23 heavy (non-hydrogen) atoms. The Morgan fingerprint density at radius 2 is 1.70 bits per heavy atom. The van der Waals surface area contributed by atoms with Crippen molar-refractivity contribution in [3.05, 3.63) is 78.1 Å². The molecule has 0 amide bonds. The second-order valence-electron chi connectivity index (χ2n) is 4.95. The van der Waals surface area contributed by atoms with E-state index in [2.05, 4.69) is 16.8 Å². The minimum absolute atomic E-state index is 0.180. The number of phenols is 1. The maximum Gasteiger partial charge on any atom is 0.130 e. The molecule has 0 fully saturated rings. The van der Waals surface area contributed by atoms with Crippen LogP contribution in [-0.2, 0) is 0 Å². The minimum atomic E-state index is 0.180. The summed E-state index contributed by atoms with van der Waals surface area (Å²) < 4.78 is 5.35. The average Bonchev–Trinajstić information content (AvgIpc) is 2.61. The van der Waals surface area contributed by atoms with Crippen molar-refractivity contribution in [1.29, 1.82) is 0 Å². The van der Waals surface area contributed by atoms with Crippen molar-refractivity contribution in [3.8, 4) is 34.5 Å². The Kier molecular flexibility index (Phi) is 4.26. The summed E-state index contributed by atoms with van der Waals surface area (Å²) in [7, 11) is 1.59. The van der Waals surface area contributed by atoms with Crippen LogP contribution >= 0.6 is 0 Å². The van der Waals surface area contributed by atoms with E-state index >= 15 is 0 Å². The fraction of sp³-hybridized carbons (Fsp3) is 0.0500. The minimum Gasteiger partial charge on any atom is -0.508 e. The summed E-state index contributed by atoms with van der Waals surface area (Å²) in [5.74, 6) is 7.08. The lowest BCUT2D eigenvalue weighted by atomic mass is 10.0. The van der Waals surface area contributed by atoms with Crippen molar-refractivity contribution in [2.45, 2.75) is 0 Å². The molecule has 3 nitrogen and oxygen atoms in total. The van der Waals surface area contributed by atoms with Crippen LogP contribution in [-0.4, -0.2) is 17.2 Å². The van der Waals surface area contributed by atoms with Crippen molar-refractivity contribution in [1.82, 2.24) is 4.98 Å². The predicted octanol–water partition coefficient (Wildman–Crippen LogP) is 3.86. The zero-order valence-corrected chi connectivity index (χ0v) is 12.7. The summed E-state index contributed by atoms with van der Waals surface area (Å²) in [5, 5.41) is 9.57. The van der Waals surface area contributed by atoms with Gasteiger partial charge in [0, 0.05) is 35.2 Å². The van der Waals surface area contributed by atoms with Gasteiger partial charge in [-0.25, -0.2) is 0 Å². The Labute approximate surface area is 135 Å². The molecule has 0 spiro atoms. The number of aromatic nitrogens is 1. The molecule has 0 saturated carbocycles. The van der Waals surface area contributed by atoms with Gasteiger partial charge in [-0.05, 0) is 42.0 Å². The SMILES string of the molecule is COc1cc(O)ccc1-c1cccc(C#Cc2ccncc2)c1. The molecule has 2 aromatic carbocycles. The highest BCUT2D eigenvalue weighted by atomic mass is 16.5. The second kappa shape index (κ2) is 6.67. The van der Waals surface area contributed by atoms with Crippen LogP contribution in [0.25, 0.3) is 11.1 Å². The number of hydrogen-bond donors (Lipinski definition) is 1. The number of nitrogens with zero attached hydrogens (tertiary/aromatic N) is 1. The Balaban J connectivity index is 1.97. The number of phenolic OH excluding ortho intramolecular Hbond substituents is 1. The highest BCUT2D eigenvalue weighted by molar-refractivity contribution is 5.72. The topological polar surface area (TPSA) is 42.4 Å². The molecule has 3 aromatic rings. The molecule has 1 aromatic heterocycles. The first-order valence-corrected chi connectivity index (χ1v) is 7.16. The molecule has 112 valence electrons. The predicted molar refractivity (Wildman–Crippen MR) is 90.3 cm³/mol. The van der Waals surface area contributed by atoms with E-state index in [0.29, 0.717) is 5.75 Å². The maximum absolute atomic E-state index is 9.57. The molecule has 1 heterocycles. The number of pyridine rings is 1. The van der Waals surface area contributed by atoms with Crippen LogP contribution < -0.4 is 4.74 Å². The standard InChI is InChI=1S/C20H15NO2/c1-23-20-14-18(22)7-8-19(20)17-4-2-3-16(13-17)6-5-15-9-11-21-12-10-15/h2-4,7-14,22H,1H3.